The van der Waals surface area contributed by atoms with Gasteiger partial charge in [-0.2, -0.15) is 0 Å². The normalized spacial score (nSPS) is 11.1. The molecule has 0 aliphatic rings. The fourth-order valence-corrected chi connectivity index (χ4v) is 2.46. The molecular weight excluding hydrogens is 237 g/mol. The zero-order valence-corrected chi connectivity index (χ0v) is 11.6. The van der Waals surface area contributed by atoms with Crippen molar-refractivity contribution < 1.29 is 4.39 Å². The SMILES string of the molecule is CCNCCCCCc1ccc(F)c2ccccc12. The number of aryl methyl sites for hydroxylation is 1. The Hall–Kier alpha value is -1.41. The van der Waals surface area contributed by atoms with E-state index in [1.807, 2.05) is 30.3 Å². The van der Waals surface area contributed by atoms with Crippen molar-refractivity contribution in [1.82, 2.24) is 5.32 Å². The van der Waals surface area contributed by atoms with Gasteiger partial charge in [0.25, 0.3) is 0 Å². The van der Waals surface area contributed by atoms with E-state index >= 15 is 0 Å². The molecule has 0 atom stereocenters. The summed E-state index contributed by atoms with van der Waals surface area (Å²) in [6.45, 7) is 4.27. The van der Waals surface area contributed by atoms with E-state index in [1.54, 1.807) is 6.07 Å². The summed E-state index contributed by atoms with van der Waals surface area (Å²) in [6, 6.07) is 11.3. The van der Waals surface area contributed by atoms with E-state index in [-0.39, 0.29) is 5.82 Å². The summed E-state index contributed by atoms with van der Waals surface area (Å²) in [7, 11) is 0. The smallest absolute Gasteiger partial charge is 0.131 e. The maximum Gasteiger partial charge on any atom is 0.131 e. The molecule has 0 saturated heterocycles. The first-order valence-electron chi connectivity index (χ1n) is 7.19. The lowest BCUT2D eigenvalue weighted by molar-refractivity contribution is 0.616. The molecule has 1 nitrogen and oxygen atoms in total. The van der Waals surface area contributed by atoms with Crippen LogP contribution in [-0.2, 0) is 6.42 Å². The second-order valence-corrected chi connectivity index (χ2v) is 4.92. The van der Waals surface area contributed by atoms with E-state index in [4.69, 9.17) is 0 Å². The van der Waals surface area contributed by atoms with E-state index in [1.165, 1.54) is 24.8 Å². The minimum atomic E-state index is -0.119. The molecule has 19 heavy (non-hydrogen) atoms. The average molecular weight is 259 g/mol. The first kappa shape index (κ1) is 14.0. The number of benzene rings is 2. The Balaban J connectivity index is 1.96. The van der Waals surface area contributed by atoms with Gasteiger partial charge in [-0.3, -0.25) is 0 Å². The second-order valence-electron chi connectivity index (χ2n) is 4.92. The molecule has 2 aromatic rings. The lowest BCUT2D eigenvalue weighted by atomic mass is 9.99. The topological polar surface area (TPSA) is 12.0 Å². The molecule has 2 rings (SSSR count). The molecule has 0 amide bonds. The fourth-order valence-electron chi connectivity index (χ4n) is 2.46. The Bertz CT molecular complexity index is 522. The number of halogens is 1. The highest BCUT2D eigenvalue weighted by atomic mass is 19.1. The Labute approximate surface area is 114 Å². The first-order valence-corrected chi connectivity index (χ1v) is 7.19. The van der Waals surface area contributed by atoms with Crippen LogP contribution in [0.3, 0.4) is 0 Å². The van der Waals surface area contributed by atoms with Crippen molar-refractivity contribution in [2.24, 2.45) is 0 Å². The third kappa shape index (κ3) is 3.77. The molecule has 0 aromatic heterocycles. The Kier molecular flexibility index (Phi) is 5.34. The van der Waals surface area contributed by atoms with Crippen LogP contribution in [0.4, 0.5) is 4.39 Å². The van der Waals surface area contributed by atoms with Gasteiger partial charge in [-0.05, 0) is 49.4 Å². The van der Waals surface area contributed by atoms with Gasteiger partial charge in [-0.15, -0.1) is 0 Å². The number of nitrogens with one attached hydrogen (secondary N) is 1. The third-order valence-electron chi connectivity index (χ3n) is 3.51. The fraction of sp³-hybridized carbons (Fsp3) is 0.412. The van der Waals surface area contributed by atoms with Gasteiger partial charge in [0, 0.05) is 5.39 Å². The number of rotatable bonds is 7. The molecule has 2 aromatic carbocycles. The van der Waals surface area contributed by atoms with Crippen molar-refractivity contribution in [2.75, 3.05) is 13.1 Å². The predicted molar refractivity (Wildman–Crippen MR) is 80.0 cm³/mol. The average Bonchev–Trinajstić information content (AvgIpc) is 2.45. The summed E-state index contributed by atoms with van der Waals surface area (Å²) < 4.78 is 13.7. The standard InChI is InChI=1S/C17H22FN/c1-2-19-13-7-3-4-8-14-11-12-17(18)16-10-6-5-9-15(14)16/h5-6,9-12,19H,2-4,7-8,13H2,1H3. The third-order valence-corrected chi connectivity index (χ3v) is 3.51. The van der Waals surface area contributed by atoms with Gasteiger partial charge in [0.1, 0.15) is 5.82 Å². The molecule has 2 heteroatoms. The number of unbranched alkanes of at least 4 members (excludes halogenated alkanes) is 2. The number of fused-ring (bicyclic) bond motifs is 1. The Morgan fingerprint density at radius 3 is 2.53 bits per heavy atom. The molecule has 0 bridgehead atoms. The van der Waals surface area contributed by atoms with E-state index in [2.05, 4.69) is 12.2 Å². The van der Waals surface area contributed by atoms with Crippen molar-refractivity contribution in [3.05, 3.63) is 47.8 Å². The van der Waals surface area contributed by atoms with Crippen LogP contribution in [0, 0.1) is 5.82 Å². The predicted octanol–water partition coefficient (Wildman–Crippen LogP) is 4.30. The van der Waals surface area contributed by atoms with E-state index in [9.17, 15) is 4.39 Å². The van der Waals surface area contributed by atoms with Gasteiger partial charge in [0.2, 0.25) is 0 Å². The largest absolute Gasteiger partial charge is 0.317 e. The zero-order valence-electron chi connectivity index (χ0n) is 11.6. The number of hydrogen-bond acceptors (Lipinski definition) is 1. The van der Waals surface area contributed by atoms with Gasteiger partial charge < -0.3 is 5.32 Å². The molecule has 0 spiro atoms. The van der Waals surface area contributed by atoms with Crippen molar-refractivity contribution in [3.8, 4) is 0 Å². The van der Waals surface area contributed by atoms with Crippen molar-refractivity contribution in [3.63, 3.8) is 0 Å². The monoisotopic (exact) mass is 259 g/mol. The highest BCUT2D eigenvalue weighted by Crippen LogP contribution is 2.23. The van der Waals surface area contributed by atoms with Crippen LogP contribution in [-0.4, -0.2) is 13.1 Å². The first-order chi connectivity index (χ1) is 9.33. The maximum absolute atomic E-state index is 13.7. The van der Waals surface area contributed by atoms with Crippen LogP contribution in [0.25, 0.3) is 10.8 Å². The second kappa shape index (κ2) is 7.25. The maximum atomic E-state index is 13.7. The van der Waals surface area contributed by atoms with Gasteiger partial charge in [0.15, 0.2) is 0 Å². The molecular formula is C17H22FN. The minimum Gasteiger partial charge on any atom is -0.317 e. The highest BCUT2D eigenvalue weighted by molar-refractivity contribution is 5.86. The quantitative estimate of drug-likeness (QED) is 0.731. The van der Waals surface area contributed by atoms with Crippen LogP contribution in [0.2, 0.25) is 0 Å². The number of hydrogen-bond donors (Lipinski definition) is 1. The van der Waals surface area contributed by atoms with Crippen LogP contribution in [0.1, 0.15) is 31.7 Å². The lowest BCUT2D eigenvalue weighted by Crippen LogP contribution is -2.13. The van der Waals surface area contributed by atoms with Gasteiger partial charge in [-0.1, -0.05) is 43.7 Å². The van der Waals surface area contributed by atoms with Crippen molar-refractivity contribution >= 4 is 10.8 Å². The van der Waals surface area contributed by atoms with Gasteiger partial charge >= 0.3 is 0 Å². The van der Waals surface area contributed by atoms with E-state index in [0.717, 1.165) is 30.3 Å². The van der Waals surface area contributed by atoms with Crippen LogP contribution < -0.4 is 5.32 Å². The van der Waals surface area contributed by atoms with Crippen LogP contribution in [0.5, 0.6) is 0 Å². The van der Waals surface area contributed by atoms with E-state index in [0.29, 0.717) is 0 Å². The summed E-state index contributed by atoms with van der Waals surface area (Å²) >= 11 is 0. The van der Waals surface area contributed by atoms with Crippen molar-refractivity contribution in [2.45, 2.75) is 32.6 Å². The zero-order chi connectivity index (χ0) is 13.5. The lowest BCUT2D eigenvalue weighted by Gasteiger charge is -2.07. The summed E-state index contributed by atoms with van der Waals surface area (Å²) in [6.07, 6.45) is 4.64. The van der Waals surface area contributed by atoms with Crippen molar-refractivity contribution in [1.29, 1.82) is 0 Å². The molecule has 0 radical (unpaired) electrons. The Morgan fingerprint density at radius 2 is 1.74 bits per heavy atom. The molecule has 0 saturated carbocycles. The molecule has 102 valence electrons. The van der Waals surface area contributed by atoms with Crippen LogP contribution >= 0.6 is 0 Å². The summed E-state index contributed by atoms with van der Waals surface area (Å²) in [5.41, 5.74) is 1.26. The molecule has 0 fully saturated rings. The van der Waals surface area contributed by atoms with Gasteiger partial charge in [-0.25, -0.2) is 4.39 Å². The van der Waals surface area contributed by atoms with Gasteiger partial charge in [0.05, 0.1) is 0 Å². The summed E-state index contributed by atoms with van der Waals surface area (Å²) in [5, 5.41) is 5.14. The summed E-state index contributed by atoms with van der Waals surface area (Å²) in [4.78, 5) is 0. The molecule has 0 aliphatic heterocycles. The molecule has 1 N–H and O–H groups in total. The molecule has 0 heterocycles. The van der Waals surface area contributed by atoms with E-state index < -0.39 is 0 Å². The Morgan fingerprint density at radius 1 is 0.947 bits per heavy atom. The molecule has 0 unspecified atom stereocenters. The summed E-state index contributed by atoms with van der Waals surface area (Å²) in [5.74, 6) is -0.119. The minimum absolute atomic E-state index is 0.119. The van der Waals surface area contributed by atoms with Crippen LogP contribution in [0.15, 0.2) is 36.4 Å². The highest BCUT2D eigenvalue weighted by Gasteiger charge is 2.04. The molecule has 0 aliphatic carbocycles.